The maximum absolute atomic E-state index is 13.0. The van der Waals surface area contributed by atoms with Crippen molar-refractivity contribution in [2.45, 2.75) is 12.8 Å². The molecule has 0 bridgehead atoms. The summed E-state index contributed by atoms with van der Waals surface area (Å²) in [6, 6.07) is 3.46. The molecule has 0 radical (unpaired) electrons. The van der Waals surface area contributed by atoms with Crippen LogP contribution in [0.15, 0.2) is 41.5 Å². The van der Waals surface area contributed by atoms with Crippen LogP contribution in [0.2, 0.25) is 0 Å². The van der Waals surface area contributed by atoms with Crippen molar-refractivity contribution in [3.05, 3.63) is 42.6 Å². The average Bonchev–Trinajstić information content (AvgIpc) is 3.28. The number of amides is 2. The van der Waals surface area contributed by atoms with Gasteiger partial charge >= 0.3 is 0 Å². The Morgan fingerprint density at radius 3 is 2.48 bits per heavy atom. The molecular weight excluding hydrogens is 346 g/mol. The molecule has 2 saturated heterocycles. The van der Waals surface area contributed by atoms with E-state index >= 15 is 0 Å². The quantitative estimate of drug-likeness (QED) is 0.810. The molecule has 1 unspecified atom stereocenters. The molecule has 8 nitrogen and oxygen atoms in total. The Bertz CT molecular complexity index is 772. The van der Waals surface area contributed by atoms with Gasteiger partial charge in [-0.2, -0.15) is 0 Å². The largest absolute Gasteiger partial charge is 0.472 e. The molecule has 2 fully saturated rings. The van der Waals surface area contributed by atoms with E-state index in [1.165, 1.54) is 12.5 Å². The predicted octanol–water partition coefficient (Wildman–Crippen LogP) is 1.27. The maximum Gasteiger partial charge on any atom is 0.257 e. The van der Waals surface area contributed by atoms with Gasteiger partial charge in [0.15, 0.2) is 0 Å². The van der Waals surface area contributed by atoms with Gasteiger partial charge in [0.05, 0.1) is 17.7 Å². The van der Waals surface area contributed by atoms with E-state index in [0.29, 0.717) is 44.2 Å². The van der Waals surface area contributed by atoms with Gasteiger partial charge in [0.2, 0.25) is 11.9 Å². The van der Waals surface area contributed by atoms with Crippen LogP contribution in [0.3, 0.4) is 0 Å². The molecule has 2 aromatic heterocycles. The minimum Gasteiger partial charge on any atom is -0.472 e. The second-order valence-electron chi connectivity index (χ2n) is 6.96. The Balaban J connectivity index is 1.33. The fourth-order valence-corrected chi connectivity index (χ4v) is 3.77. The lowest BCUT2D eigenvalue weighted by Gasteiger charge is -2.39. The summed E-state index contributed by atoms with van der Waals surface area (Å²) in [5.74, 6) is 0.774. The standard InChI is InChI=1S/C19H23N5O3/c25-17(15-3-1-7-24(13-15)19-20-5-2-6-21-19)22-8-10-23(11-9-22)18(26)16-4-12-27-14-16/h2,4-6,12,14-15H,1,3,7-11,13H2. The van der Waals surface area contributed by atoms with Crippen LogP contribution < -0.4 is 4.90 Å². The molecule has 0 spiro atoms. The molecule has 2 aliphatic rings. The molecule has 0 N–H and O–H groups in total. The lowest BCUT2D eigenvalue weighted by atomic mass is 9.96. The van der Waals surface area contributed by atoms with E-state index in [-0.39, 0.29) is 17.7 Å². The van der Waals surface area contributed by atoms with Crippen molar-refractivity contribution in [2.75, 3.05) is 44.2 Å². The molecule has 2 aliphatic heterocycles. The number of hydrogen-bond donors (Lipinski definition) is 0. The van der Waals surface area contributed by atoms with Crippen molar-refractivity contribution in [1.29, 1.82) is 0 Å². The number of anilines is 1. The van der Waals surface area contributed by atoms with Gasteiger partial charge in [-0.1, -0.05) is 0 Å². The van der Waals surface area contributed by atoms with Crippen molar-refractivity contribution in [1.82, 2.24) is 19.8 Å². The van der Waals surface area contributed by atoms with Gasteiger partial charge in [0.25, 0.3) is 5.91 Å². The summed E-state index contributed by atoms with van der Waals surface area (Å²) in [7, 11) is 0. The third kappa shape index (κ3) is 3.79. The molecule has 0 aliphatic carbocycles. The zero-order valence-corrected chi connectivity index (χ0v) is 15.2. The van der Waals surface area contributed by atoms with Crippen LogP contribution in [0.5, 0.6) is 0 Å². The number of rotatable bonds is 3. The molecule has 1 atom stereocenters. The second kappa shape index (κ2) is 7.77. The van der Waals surface area contributed by atoms with Gasteiger partial charge in [-0.05, 0) is 25.0 Å². The highest BCUT2D eigenvalue weighted by molar-refractivity contribution is 5.94. The molecule has 142 valence electrons. The SMILES string of the molecule is O=C(c1ccoc1)N1CCN(C(=O)C2CCCN(c3ncccn3)C2)CC1. The van der Waals surface area contributed by atoms with Crippen LogP contribution >= 0.6 is 0 Å². The van der Waals surface area contributed by atoms with E-state index in [4.69, 9.17) is 4.42 Å². The number of hydrogen-bond acceptors (Lipinski definition) is 6. The van der Waals surface area contributed by atoms with E-state index in [2.05, 4.69) is 14.9 Å². The molecule has 4 heterocycles. The molecule has 4 rings (SSSR count). The van der Waals surface area contributed by atoms with Crippen LogP contribution in [0.1, 0.15) is 23.2 Å². The Hall–Kier alpha value is -2.90. The van der Waals surface area contributed by atoms with E-state index in [1.54, 1.807) is 29.4 Å². The average molecular weight is 369 g/mol. The summed E-state index contributed by atoms with van der Waals surface area (Å²) in [6.45, 7) is 3.77. The Morgan fingerprint density at radius 1 is 1.04 bits per heavy atom. The molecular formula is C19H23N5O3. The molecule has 0 saturated carbocycles. The molecule has 27 heavy (non-hydrogen) atoms. The first kappa shape index (κ1) is 17.5. The number of carbonyl (C=O) groups is 2. The maximum atomic E-state index is 13.0. The number of piperazine rings is 1. The molecule has 8 heteroatoms. The van der Waals surface area contributed by atoms with Crippen molar-refractivity contribution in [3.8, 4) is 0 Å². The first-order chi connectivity index (χ1) is 13.2. The first-order valence-corrected chi connectivity index (χ1v) is 9.34. The highest BCUT2D eigenvalue weighted by Crippen LogP contribution is 2.22. The molecule has 2 aromatic rings. The Kier molecular flexibility index (Phi) is 5.04. The number of carbonyl (C=O) groups excluding carboxylic acids is 2. The van der Waals surface area contributed by atoms with Crippen LogP contribution in [-0.2, 0) is 4.79 Å². The van der Waals surface area contributed by atoms with Gasteiger partial charge in [-0.3, -0.25) is 9.59 Å². The summed E-state index contributed by atoms with van der Waals surface area (Å²) in [6.07, 6.45) is 8.25. The van der Waals surface area contributed by atoms with E-state index in [0.717, 1.165) is 19.4 Å². The van der Waals surface area contributed by atoms with Gasteiger partial charge in [0.1, 0.15) is 6.26 Å². The third-order valence-corrected chi connectivity index (χ3v) is 5.25. The van der Waals surface area contributed by atoms with Crippen molar-refractivity contribution >= 4 is 17.8 Å². The zero-order chi connectivity index (χ0) is 18.6. The summed E-state index contributed by atoms with van der Waals surface area (Å²) in [5, 5.41) is 0. The molecule has 2 amide bonds. The van der Waals surface area contributed by atoms with Crippen molar-refractivity contribution in [3.63, 3.8) is 0 Å². The topological polar surface area (TPSA) is 82.8 Å². The lowest BCUT2D eigenvalue weighted by Crippen LogP contribution is -2.53. The summed E-state index contributed by atoms with van der Waals surface area (Å²) < 4.78 is 4.98. The normalized spacial score (nSPS) is 20.6. The van der Waals surface area contributed by atoms with Gasteiger partial charge in [-0.15, -0.1) is 0 Å². The van der Waals surface area contributed by atoms with Gasteiger partial charge in [-0.25, -0.2) is 9.97 Å². The number of aromatic nitrogens is 2. The highest BCUT2D eigenvalue weighted by atomic mass is 16.3. The van der Waals surface area contributed by atoms with E-state index in [9.17, 15) is 9.59 Å². The fourth-order valence-electron chi connectivity index (χ4n) is 3.77. The highest BCUT2D eigenvalue weighted by Gasteiger charge is 2.32. The minimum absolute atomic E-state index is 0.0408. The number of nitrogens with zero attached hydrogens (tertiary/aromatic N) is 5. The summed E-state index contributed by atoms with van der Waals surface area (Å²) in [5.41, 5.74) is 0.556. The Labute approximate surface area is 157 Å². The third-order valence-electron chi connectivity index (χ3n) is 5.25. The van der Waals surface area contributed by atoms with Crippen LogP contribution in [0.25, 0.3) is 0 Å². The van der Waals surface area contributed by atoms with E-state index < -0.39 is 0 Å². The van der Waals surface area contributed by atoms with Crippen molar-refractivity contribution < 1.29 is 14.0 Å². The van der Waals surface area contributed by atoms with Crippen LogP contribution in [-0.4, -0.2) is 70.9 Å². The lowest BCUT2D eigenvalue weighted by molar-refractivity contribution is -0.137. The summed E-state index contributed by atoms with van der Waals surface area (Å²) in [4.78, 5) is 39.7. The minimum atomic E-state index is -0.0429. The monoisotopic (exact) mass is 369 g/mol. The predicted molar refractivity (Wildman–Crippen MR) is 98.2 cm³/mol. The fraction of sp³-hybridized carbons (Fsp3) is 0.474. The number of piperidine rings is 1. The second-order valence-corrected chi connectivity index (χ2v) is 6.96. The molecule has 0 aromatic carbocycles. The first-order valence-electron chi connectivity index (χ1n) is 9.34. The van der Waals surface area contributed by atoms with Crippen molar-refractivity contribution in [2.24, 2.45) is 5.92 Å². The van der Waals surface area contributed by atoms with Gasteiger partial charge in [0, 0.05) is 51.7 Å². The zero-order valence-electron chi connectivity index (χ0n) is 15.2. The number of furan rings is 1. The Morgan fingerprint density at radius 2 is 1.78 bits per heavy atom. The van der Waals surface area contributed by atoms with Crippen LogP contribution in [0.4, 0.5) is 5.95 Å². The van der Waals surface area contributed by atoms with E-state index in [1.807, 2.05) is 4.90 Å². The smallest absolute Gasteiger partial charge is 0.257 e. The van der Waals surface area contributed by atoms with Crippen LogP contribution in [0, 0.1) is 5.92 Å². The summed E-state index contributed by atoms with van der Waals surface area (Å²) >= 11 is 0. The van der Waals surface area contributed by atoms with Gasteiger partial charge < -0.3 is 19.1 Å².